The number of unbranched alkanes of at least 4 members (excludes halogenated alkanes) is 3. The smallest absolute Gasteiger partial charge is 0.320 e. The number of hydrogen-bond donors (Lipinski definition) is 3. The third-order valence-electron chi connectivity index (χ3n) is 2.18. The van der Waals surface area contributed by atoms with E-state index in [1.54, 1.807) is 0 Å². The third-order valence-corrected chi connectivity index (χ3v) is 2.18. The van der Waals surface area contributed by atoms with E-state index in [-0.39, 0.29) is 0 Å². The molecule has 1 unspecified atom stereocenters. The minimum Gasteiger partial charge on any atom is -0.480 e. The molecule has 0 aromatic heterocycles. The molecule has 0 saturated carbocycles. The molecular weight excluding hydrogens is 180 g/mol. The molecule has 0 rings (SSSR count). The van der Waals surface area contributed by atoms with Crippen LogP contribution in [-0.2, 0) is 4.79 Å². The fourth-order valence-electron chi connectivity index (χ4n) is 1.35. The van der Waals surface area contributed by atoms with Gasteiger partial charge in [0.25, 0.3) is 0 Å². The van der Waals surface area contributed by atoms with Crippen molar-refractivity contribution >= 4 is 5.97 Å². The summed E-state index contributed by atoms with van der Waals surface area (Å²) in [7, 11) is 0. The fourth-order valence-corrected chi connectivity index (χ4v) is 1.35. The number of nitrogens with two attached hydrogens (primary N) is 1. The molecule has 0 fully saturated rings. The molecule has 0 aliphatic heterocycles. The van der Waals surface area contributed by atoms with Gasteiger partial charge in [-0.15, -0.1) is 0 Å². The van der Waals surface area contributed by atoms with Crippen molar-refractivity contribution in [1.29, 1.82) is 0 Å². The second kappa shape index (κ2) is 8.97. The number of carboxylic acids is 1. The van der Waals surface area contributed by atoms with Gasteiger partial charge >= 0.3 is 5.97 Å². The van der Waals surface area contributed by atoms with Crippen LogP contribution < -0.4 is 11.1 Å². The van der Waals surface area contributed by atoms with Gasteiger partial charge in [0, 0.05) is 13.1 Å². The SMILES string of the molecule is CCCCCCC(NCCN)C(=O)O. The maximum atomic E-state index is 10.8. The van der Waals surface area contributed by atoms with Crippen LogP contribution >= 0.6 is 0 Å². The van der Waals surface area contributed by atoms with Crippen molar-refractivity contribution in [1.82, 2.24) is 5.32 Å². The summed E-state index contributed by atoms with van der Waals surface area (Å²) in [6.45, 7) is 3.20. The Balaban J connectivity index is 3.57. The minimum absolute atomic E-state index is 0.421. The molecule has 0 aromatic carbocycles. The third kappa shape index (κ3) is 6.86. The lowest BCUT2D eigenvalue weighted by atomic mass is 10.1. The van der Waals surface area contributed by atoms with Crippen LogP contribution in [0.5, 0.6) is 0 Å². The predicted molar refractivity (Wildman–Crippen MR) is 57.2 cm³/mol. The Kier molecular flexibility index (Phi) is 8.57. The lowest BCUT2D eigenvalue weighted by Gasteiger charge is -2.13. The Hall–Kier alpha value is -0.610. The molecule has 4 heteroatoms. The summed E-state index contributed by atoms with van der Waals surface area (Å²) in [6, 6.07) is -0.421. The summed E-state index contributed by atoms with van der Waals surface area (Å²) in [4.78, 5) is 10.8. The van der Waals surface area contributed by atoms with Crippen LogP contribution in [0.15, 0.2) is 0 Å². The van der Waals surface area contributed by atoms with Crippen LogP contribution in [0.4, 0.5) is 0 Å². The summed E-state index contributed by atoms with van der Waals surface area (Å²) in [5, 5.41) is 11.8. The fraction of sp³-hybridized carbons (Fsp3) is 0.900. The molecule has 4 nitrogen and oxygen atoms in total. The molecule has 4 N–H and O–H groups in total. The Morgan fingerprint density at radius 3 is 2.64 bits per heavy atom. The molecule has 14 heavy (non-hydrogen) atoms. The van der Waals surface area contributed by atoms with Gasteiger partial charge in [0.1, 0.15) is 6.04 Å². The van der Waals surface area contributed by atoms with Crippen LogP contribution in [0.3, 0.4) is 0 Å². The quantitative estimate of drug-likeness (QED) is 0.487. The van der Waals surface area contributed by atoms with Gasteiger partial charge in [0.2, 0.25) is 0 Å². The first-order chi connectivity index (χ1) is 6.72. The van der Waals surface area contributed by atoms with Crippen molar-refractivity contribution in [3.8, 4) is 0 Å². The highest BCUT2D eigenvalue weighted by atomic mass is 16.4. The first kappa shape index (κ1) is 13.4. The summed E-state index contributed by atoms with van der Waals surface area (Å²) < 4.78 is 0. The van der Waals surface area contributed by atoms with Gasteiger partial charge in [0.15, 0.2) is 0 Å². The van der Waals surface area contributed by atoms with Crippen molar-refractivity contribution in [3.63, 3.8) is 0 Å². The Bertz CT molecular complexity index is 151. The molecule has 0 amide bonds. The number of nitrogens with one attached hydrogen (secondary N) is 1. The first-order valence-electron chi connectivity index (χ1n) is 5.38. The predicted octanol–water partition coefficient (Wildman–Crippen LogP) is 0.958. The van der Waals surface area contributed by atoms with Crippen molar-refractivity contribution in [2.24, 2.45) is 5.73 Å². The molecule has 0 saturated heterocycles. The monoisotopic (exact) mass is 202 g/mol. The summed E-state index contributed by atoms with van der Waals surface area (Å²) >= 11 is 0. The molecule has 0 heterocycles. The average molecular weight is 202 g/mol. The zero-order valence-corrected chi connectivity index (χ0v) is 8.96. The van der Waals surface area contributed by atoms with E-state index < -0.39 is 12.0 Å². The number of carboxylic acid groups (broad SMARTS) is 1. The van der Waals surface area contributed by atoms with Crippen molar-refractivity contribution in [2.45, 2.75) is 45.1 Å². The molecule has 0 spiro atoms. The molecule has 0 radical (unpaired) electrons. The molecular formula is C10H22N2O2. The van der Waals surface area contributed by atoms with Gasteiger partial charge in [-0.1, -0.05) is 32.6 Å². The topological polar surface area (TPSA) is 75.3 Å². The van der Waals surface area contributed by atoms with Crippen molar-refractivity contribution in [3.05, 3.63) is 0 Å². The van der Waals surface area contributed by atoms with E-state index in [4.69, 9.17) is 10.8 Å². The van der Waals surface area contributed by atoms with Crippen molar-refractivity contribution < 1.29 is 9.90 Å². The van der Waals surface area contributed by atoms with Gasteiger partial charge in [-0.05, 0) is 6.42 Å². The highest BCUT2D eigenvalue weighted by Crippen LogP contribution is 2.05. The zero-order chi connectivity index (χ0) is 10.8. The normalized spacial score (nSPS) is 12.7. The summed E-state index contributed by atoms with van der Waals surface area (Å²) in [5.74, 6) is -0.769. The van der Waals surface area contributed by atoms with E-state index in [2.05, 4.69) is 12.2 Å². The molecule has 0 aliphatic rings. The Morgan fingerprint density at radius 2 is 2.14 bits per heavy atom. The molecule has 0 aromatic rings. The number of aliphatic carboxylic acids is 1. The second-order valence-corrected chi connectivity index (χ2v) is 3.48. The van der Waals surface area contributed by atoms with E-state index in [1.165, 1.54) is 12.8 Å². The largest absolute Gasteiger partial charge is 0.480 e. The van der Waals surface area contributed by atoms with Gasteiger partial charge in [0.05, 0.1) is 0 Å². The van der Waals surface area contributed by atoms with Gasteiger partial charge in [-0.2, -0.15) is 0 Å². The van der Waals surface area contributed by atoms with Crippen LogP contribution in [0.25, 0.3) is 0 Å². The number of carbonyl (C=O) groups is 1. The van der Waals surface area contributed by atoms with Crippen molar-refractivity contribution in [2.75, 3.05) is 13.1 Å². The maximum absolute atomic E-state index is 10.8. The highest BCUT2D eigenvalue weighted by molar-refractivity contribution is 5.73. The summed E-state index contributed by atoms with van der Waals surface area (Å²) in [5.41, 5.74) is 5.30. The van der Waals surface area contributed by atoms with E-state index in [0.29, 0.717) is 19.5 Å². The van der Waals surface area contributed by atoms with Gasteiger partial charge in [-0.25, -0.2) is 0 Å². The number of rotatable bonds is 9. The van der Waals surface area contributed by atoms with Crippen LogP contribution in [0.1, 0.15) is 39.0 Å². The van der Waals surface area contributed by atoms with Crippen LogP contribution in [-0.4, -0.2) is 30.2 Å². The van der Waals surface area contributed by atoms with E-state index >= 15 is 0 Å². The minimum atomic E-state index is -0.769. The molecule has 84 valence electrons. The lowest BCUT2D eigenvalue weighted by Crippen LogP contribution is -2.39. The standard InChI is InChI=1S/C10H22N2O2/c1-2-3-4-5-6-9(10(13)14)12-8-7-11/h9,12H,2-8,11H2,1H3,(H,13,14). The van der Waals surface area contributed by atoms with Gasteiger partial charge in [-0.3, -0.25) is 4.79 Å². The van der Waals surface area contributed by atoms with E-state index in [1.807, 2.05) is 0 Å². The number of hydrogen-bond acceptors (Lipinski definition) is 3. The lowest BCUT2D eigenvalue weighted by molar-refractivity contribution is -0.139. The Labute approximate surface area is 85.9 Å². The van der Waals surface area contributed by atoms with Gasteiger partial charge < -0.3 is 16.2 Å². The summed E-state index contributed by atoms with van der Waals surface area (Å²) in [6.07, 6.45) is 5.15. The van der Waals surface area contributed by atoms with Crippen LogP contribution in [0, 0.1) is 0 Å². The second-order valence-electron chi connectivity index (χ2n) is 3.48. The first-order valence-corrected chi connectivity index (χ1v) is 5.38. The molecule has 0 aliphatic carbocycles. The maximum Gasteiger partial charge on any atom is 0.320 e. The molecule has 0 bridgehead atoms. The Morgan fingerprint density at radius 1 is 1.43 bits per heavy atom. The zero-order valence-electron chi connectivity index (χ0n) is 8.96. The van der Waals surface area contributed by atoms with Crippen LogP contribution in [0.2, 0.25) is 0 Å². The highest BCUT2D eigenvalue weighted by Gasteiger charge is 2.14. The van der Waals surface area contributed by atoms with E-state index in [9.17, 15) is 4.79 Å². The molecule has 1 atom stereocenters. The average Bonchev–Trinajstić information content (AvgIpc) is 2.16. The van der Waals surface area contributed by atoms with E-state index in [0.717, 1.165) is 12.8 Å².